The molecule has 6 N–H and O–H groups in total. The Morgan fingerprint density at radius 2 is 0.604 bits per heavy atom. The highest BCUT2D eigenvalue weighted by Gasteiger charge is 2.27. The second-order valence-electron chi connectivity index (χ2n) is 29.3. The molecule has 0 rings (SSSR count). The summed E-state index contributed by atoms with van der Waals surface area (Å²) < 4.78 is 71.6. The van der Waals surface area contributed by atoms with E-state index in [1.165, 1.54) is 141 Å². The van der Waals surface area contributed by atoms with E-state index in [9.17, 15) is 42.9 Å². The molecule has 0 bridgehead atoms. The van der Waals surface area contributed by atoms with Gasteiger partial charge in [0.1, 0.15) is 12.2 Å². The summed E-state index contributed by atoms with van der Waals surface area (Å²) in [7, 11) is -9.42. The molecule has 0 aliphatic heterocycles. The number of urea groups is 1. The SMILES string of the molecule is CCCCCC/C=C\CCCC(=O)O[C@H](CCCCCCC)CCOCC(COP(=O)(O)OCCNC(=O)NCCOP(=O)(O)OCC(COCC[C@@H](CCCCCCC)OC(=O)CCC/C=C\CCCCCC)NC(=O)CCCCCCCCCCCCC)NC(=O)CCCCCCCCCCCCC. The van der Waals surface area contributed by atoms with E-state index in [-0.39, 0.29) is 88.3 Å². The molecule has 21 nitrogen and oxygen atoms in total. The second kappa shape index (κ2) is 77.1. The number of unbranched alkanes of at least 4 members (excludes halogenated alkanes) is 38. The van der Waals surface area contributed by atoms with Crippen LogP contribution < -0.4 is 21.3 Å². The van der Waals surface area contributed by atoms with Crippen LogP contribution in [-0.2, 0) is 65.4 Å². The molecule has 0 radical (unpaired) electrons. The normalized spacial score (nSPS) is 14.0. The molecular weight excluding hydrogens is 1390 g/mol. The monoisotopic (exact) mass is 1550 g/mol. The van der Waals surface area contributed by atoms with E-state index >= 15 is 0 Å². The van der Waals surface area contributed by atoms with Crippen molar-refractivity contribution < 1.29 is 79.9 Å². The average Bonchev–Trinajstić information content (AvgIpc) is 0.918. The summed E-state index contributed by atoms with van der Waals surface area (Å²) in [5, 5.41) is 10.8. The van der Waals surface area contributed by atoms with Crippen molar-refractivity contribution in [3.63, 3.8) is 0 Å². The molecule has 0 heterocycles. The molecule has 0 aromatic carbocycles. The molecule has 106 heavy (non-hydrogen) atoms. The minimum absolute atomic E-state index is 0.0390. The van der Waals surface area contributed by atoms with Crippen molar-refractivity contribution in [2.45, 2.75) is 413 Å². The highest BCUT2D eigenvalue weighted by molar-refractivity contribution is 7.47. The quantitative estimate of drug-likeness (QED) is 0.0143. The van der Waals surface area contributed by atoms with Crippen LogP contribution in [0.5, 0.6) is 0 Å². The molecule has 4 amide bonds. The second-order valence-corrected chi connectivity index (χ2v) is 32.2. The van der Waals surface area contributed by atoms with Gasteiger partial charge in [0, 0.05) is 51.6 Å². The van der Waals surface area contributed by atoms with Gasteiger partial charge in [0.2, 0.25) is 11.8 Å². The first kappa shape index (κ1) is 103. The molecule has 6 atom stereocenters. The van der Waals surface area contributed by atoms with Crippen LogP contribution in [0.15, 0.2) is 24.3 Å². The Balaban J connectivity index is 5.59. The standard InChI is InChI=1S/C83H160N4O17P2/c1-7-13-19-25-29-33-35-39-41-47-53-59-79(88)86-75(71-97-67-63-77(57-51-45-23-17-11-5)103-81(90)61-55-49-43-37-31-27-21-15-9-3)73-101-105(93,94)99-69-65-84-83(92)85-66-70-100-106(95,96)102-74-76(87-80(89)60-54-48-42-40-36-34-30-26-20-14-8-2)72-98-68-64-78(58-52-46-24-18-12-6)104-82(91)62-56-50-44-38-32-28-22-16-10-4/h37-38,43-44,75-78H,7-36,39-42,45-74H2,1-6H3,(H,86,88)(H,87,89)(H,93,94)(H,95,96)(H2,84,85,92)/b43-37-,44-38-/t75?,76?,77-,78-/m1/s1. The highest BCUT2D eigenvalue weighted by atomic mass is 31.2. The van der Waals surface area contributed by atoms with Gasteiger partial charge >= 0.3 is 33.6 Å². The predicted molar refractivity (Wildman–Crippen MR) is 432 cm³/mol. The van der Waals surface area contributed by atoms with Crippen molar-refractivity contribution in [1.82, 2.24) is 21.3 Å². The van der Waals surface area contributed by atoms with Gasteiger partial charge in [0.25, 0.3) is 0 Å². The molecule has 23 heteroatoms. The van der Waals surface area contributed by atoms with Gasteiger partial charge in [-0.3, -0.25) is 37.3 Å². The van der Waals surface area contributed by atoms with Gasteiger partial charge in [0.15, 0.2) is 0 Å². The van der Waals surface area contributed by atoms with Crippen molar-refractivity contribution in [2.24, 2.45) is 0 Å². The van der Waals surface area contributed by atoms with Gasteiger partial charge in [-0.2, -0.15) is 0 Å². The van der Waals surface area contributed by atoms with E-state index in [1.54, 1.807) is 0 Å². The Hall–Kier alpha value is -3.23. The third kappa shape index (κ3) is 73.6. The Bertz CT molecular complexity index is 2050. The zero-order chi connectivity index (χ0) is 77.8. The lowest BCUT2D eigenvalue weighted by atomic mass is 10.1. The predicted octanol–water partition coefficient (Wildman–Crippen LogP) is 21.7. The first-order valence-electron chi connectivity index (χ1n) is 43.2. The van der Waals surface area contributed by atoms with Gasteiger partial charge in [-0.15, -0.1) is 0 Å². The van der Waals surface area contributed by atoms with Crippen molar-refractivity contribution >= 4 is 45.4 Å². The van der Waals surface area contributed by atoms with Gasteiger partial charge in [-0.1, -0.05) is 284 Å². The summed E-state index contributed by atoms with van der Waals surface area (Å²) in [6.45, 7) is 11.4. The lowest BCUT2D eigenvalue weighted by Gasteiger charge is -2.22. The minimum atomic E-state index is -4.71. The number of rotatable bonds is 82. The zero-order valence-electron chi connectivity index (χ0n) is 68.3. The topological polar surface area (TPSA) is 282 Å². The molecule has 0 aromatic rings. The zero-order valence-corrected chi connectivity index (χ0v) is 70.1. The average molecular weight is 1550 g/mol. The summed E-state index contributed by atoms with van der Waals surface area (Å²) >= 11 is 0. The minimum Gasteiger partial charge on any atom is -0.462 e. The summed E-state index contributed by atoms with van der Waals surface area (Å²) in [6, 6.07) is -2.34. The molecule has 0 aliphatic carbocycles. The first-order valence-corrected chi connectivity index (χ1v) is 46.2. The van der Waals surface area contributed by atoms with E-state index in [2.05, 4.69) is 87.1 Å². The fraction of sp³-hybridized carbons (Fsp3) is 0.892. The maximum atomic E-state index is 13.3. The molecule has 0 saturated carbocycles. The molecular formula is C83H160N4O17P2. The van der Waals surface area contributed by atoms with Gasteiger partial charge in [-0.05, 0) is 89.9 Å². The molecule has 624 valence electrons. The maximum Gasteiger partial charge on any atom is 0.472 e. The number of carbonyl (C=O) groups is 5. The van der Waals surface area contributed by atoms with Gasteiger partial charge in [0.05, 0.1) is 64.9 Å². The van der Waals surface area contributed by atoms with Crippen LogP contribution in [0.1, 0.15) is 388 Å². The number of phosphoric ester groups is 2. The van der Waals surface area contributed by atoms with Gasteiger partial charge in [-0.25, -0.2) is 13.9 Å². The Kier molecular flexibility index (Phi) is 74.8. The molecule has 4 unspecified atom stereocenters. The van der Waals surface area contributed by atoms with Crippen LogP contribution in [0.25, 0.3) is 0 Å². The van der Waals surface area contributed by atoms with Crippen LogP contribution in [0.4, 0.5) is 4.79 Å². The van der Waals surface area contributed by atoms with Crippen molar-refractivity contribution in [3.8, 4) is 0 Å². The Labute approximate surface area is 646 Å². The molecule has 0 fully saturated rings. The lowest BCUT2D eigenvalue weighted by molar-refractivity contribution is -0.151. The van der Waals surface area contributed by atoms with E-state index < -0.39 is 60.2 Å². The van der Waals surface area contributed by atoms with Gasteiger partial charge < -0.3 is 50.0 Å². The van der Waals surface area contributed by atoms with E-state index in [1.807, 2.05) is 0 Å². The van der Waals surface area contributed by atoms with E-state index in [4.69, 9.17) is 37.0 Å². The van der Waals surface area contributed by atoms with Crippen molar-refractivity contribution in [2.75, 3.05) is 65.9 Å². The third-order valence-corrected chi connectivity index (χ3v) is 20.8. The third-order valence-electron chi connectivity index (χ3n) is 18.9. The van der Waals surface area contributed by atoms with Crippen LogP contribution in [0, 0.1) is 0 Å². The largest absolute Gasteiger partial charge is 0.472 e. The van der Waals surface area contributed by atoms with Crippen molar-refractivity contribution in [3.05, 3.63) is 24.3 Å². The number of esters is 2. The Morgan fingerprint density at radius 3 is 0.925 bits per heavy atom. The number of hydrogen-bond acceptors (Lipinski definition) is 15. The fourth-order valence-electron chi connectivity index (χ4n) is 12.3. The number of hydrogen-bond donors (Lipinski definition) is 6. The van der Waals surface area contributed by atoms with E-state index in [0.29, 0.717) is 64.2 Å². The van der Waals surface area contributed by atoms with Crippen LogP contribution in [0.3, 0.4) is 0 Å². The summed E-state index contributed by atoms with van der Waals surface area (Å²) in [6.07, 6.45) is 62.4. The fourth-order valence-corrected chi connectivity index (χ4v) is 13.9. The Morgan fingerprint density at radius 1 is 0.321 bits per heavy atom. The summed E-state index contributed by atoms with van der Waals surface area (Å²) in [5.41, 5.74) is 0. The maximum absolute atomic E-state index is 13.3. The lowest BCUT2D eigenvalue weighted by Crippen LogP contribution is -2.41. The van der Waals surface area contributed by atoms with Crippen LogP contribution in [-0.4, -0.2) is 130 Å². The number of carbonyl (C=O) groups excluding carboxylic acids is 5. The van der Waals surface area contributed by atoms with Crippen LogP contribution in [0.2, 0.25) is 0 Å². The van der Waals surface area contributed by atoms with Crippen molar-refractivity contribution in [1.29, 1.82) is 0 Å². The number of allylic oxidation sites excluding steroid dienone is 4. The first-order chi connectivity index (χ1) is 51.5. The number of amides is 4. The summed E-state index contributed by atoms with van der Waals surface area (Å²) in [5.74, 6) is -0.927. The molecule has 0 aliphatic rings. The number of nitrogens with one attached hydrogen (secondary N) is 4. The molecule has 0 spiro atoms. The molecule has 0 saturated heterocycles. The van der Waals surface area contributed by atoms with E-state index in [0.717, 1.165) is 128 Å². The smallest absolute Gasteiger partial charge is 0.462 e. The highest BCUT2D eigenvalue weighted by Crippen LogP contribution is 2.44. The summed E-state index contributed by atoms with van der Waals surface area (Å²) in [4.78, 5) is 86.7. The molecule has 0 aromatic heterocycles. The number of phosphoric acid groups is 2. The van der Waals surface area contributed by atoms with Crippen LogP contribution >= 0.6 is 15.6 Å². The number of ether oxygens (including phenoxy) is 4.